The predicted octanol–water partition coefficient (Wildman–Crippen LogP) is 4.66. The third-order valence-corrected chi connectivity index (χ3v) is 4.63. The molecule has 0 N–H and O–H groups in total. The summed E-state index contributed by atoms with van der Waals surface area (Å²) in [6, 6.07) is 1.18. The second kappa shape index (κ2) is 14.1. The first kappa shape index (κ1) is 29.4. The summed E-state index contributed by atoms with van der Waals surface area (Å²) >= 11 is 0. The zero-order valence-corrected chi connectivity index (χ0v) is 9.31. The van der Waals surface area contributed by atoms with Crippen LogP contribution in [0.2, 0.25) is 19.1 Å². The van der Waals surface area contributed by atoms with Crippen molar-refractivity contribution < 1.29 is 9.16 Å². The van der Waals surface area contributed by atoms with Crippen molar-refractivity contribution in [3.8, 4) is 0 Å². The van der Waals surface area contributed by atoms with E-state index in [1.54, 1.807) is 7.11 Å². The van der Waals surface area contributed by atoms with E-state index in [1.807, 2.05) is 7.11 Å². The van der Waals surface area contributed by atoms with E-state index in [4.69, 9.17) is 9.16 Å². The van der Waals surface area contributed by atoms with Gasteiger partial charge in [-0.3, -0.25) is 0 Å². The molecule has 0 aliphatic rings. The molecule has 0 aromatic rings. The molecule has 100 valence electrons. The highest BCUT2D eigenvalue weighted by Gasteiger charge is 2.23. The van der Waals surface area contributed by atoms with E-state index in [9.17, 15) is 0 Å². The molecule has 1 unspecified atom stereocenters. The maximum absolute atomic E-state index is 5.44. The van der Waals surface area contributed by atoms with E-state index in [2.05, 4.69) is 20.0 Å². The van der Waals surface area contributed by atoms with Gasteiger partial charge in [0.25, 0.3) is 0 Å². The molecule has 0 heterocycles. The van der Waals surface area contributed by atoms with Crippen molar-refractivity contribution in [2.75, 3.05) is 20.8 Å². The van der Waals surface area contributed by atoms with Gasteiger partial charge in [-0.15, -0.1) is 0 Å². The first-order valence-corrected chi connectivity index (χ1v) is 7.17. The maximum atomic E-state index is 5.44. The minimum atomic E-state index is -1.36. The lowest BCUT2D eigenvalue weighted by Crippen LogP contribution is -2.31. The standard InChI is InChI=1S/C8H20O2Si.4CH4/c1-8(6-9-2)7-11(4,5)10-3;;;;/h8H,6-7H2,1-5H3;4*1H4. The summed E-state index contributed by atoms with van der Waals surface area (Å²) in [5.74, 6) is 0.626. The number of hydrogen-bond donors (Lipinski definition) is 0. The van der Waals surface area contributed by atoms with E-state index in [0.29, 0.717) is 5.92 Å². The molecule has 0 saturated carbocycles. The zero-order valence-electron chi connectivity index (χ0n) is 8.31. The molecule has 0 aromatic carbocycles. The molecule has 0 amide bonds. The summed E-state index contributed by atoms with van der Waals surface area (Å²) in [4.78, 5) is 0. The number of ether oxygens (including phenoxy) is 1. The highest BCUT2D eigenvalue weighted by molar-refractivity contribution is 6.71. The van der Waals surface area contributed by atoms with Crippen molar-refractivity contribution in [2.24, 2.45) is 5.92 Å². The van der Waals surface area contributed by atoms with Gasteiger partial charge in [-0.25, -0.2) is 0 Å². The maximum Gasteiger partial charge on any atom is 0.186 e. The van der Waals surface area contributed by atoms with Crippen molar-refractivity contribution in [1.82, 2.24) is 0 Å². The van der Waals surface area contributed by atoms with E-state index >= 15 is 0 Å². The number of rotatable bonds is 5. The van der Waals surface area contributed by atoms with E-state index in [-0.39, 0.29) is 29.7 Å². The Labute approximate surface area is 101 Å². The first-order chi connectivity index (χ1) is 5.02. The third-order valence-electron chi connectivity index (χ3n) is 1.84. The van der Waals surface area contributed by atoms with Gasteiger partial charge < -0.3 is 9.16 Å². The molecule has 15 heavy (non-hydrogen) atoms. The topological polar surface area (TPSA) is 18.5 Å². The summed E-state index contributed by atoms with van der Waals surface area (Å²) in [6.45, 7) is 7.52. The molecule has 0 saturated heterocycles. The largest absolute Gasteiger partial charge is 0.420 e. The summed E-state index contributed by atoms with van der Waals surface area (Å²) in [6.07, 6.45) is 0. The van der Waals surface area contributed by atoms with Crippen molar-refractivity contribution in [3.05, 3.63) is 0 Å². The van der Waals surface area contributed by atoms with Gasteiger partial charge in [0.05, 0.1) is 0 Å². The lowest BCUT2D eigenvalue weighted by Gasteiger charge is -2.23. The van der Waals surface area contributed by atoms with Crippen LogP contribution in [0.4, 0.5) is 0 Å². The van der Waals surface area contributed by atoms with E-state index in [1.165, 1.54) is 6.04 Å². The van der Waals surface area contributed by atoms with Crippen LogP contribution in [0.25, 0.3) is 0 Å². The van der Waals surface area contributed by atoms with Gasteiger partial charge >= 0.3 is 0 Å². The zero-order chi connectivity index (χ0) is 8.91. The second-order valence-electron chi connectivity index (χ2n) is 3.73. The Morgan fingerprint density at radius 1 is 1.00 bits per heavy atom. The van der Waals surface area contributed by atoms with Gasteiger partial charge in [0.2, 0.25) is 0 Å². The highest BCUT2D eigenvalue weighted by atomic mass is 28.4. The fraction of sp³-hybridized carbons (Fsp3) is 1.00. The molecule has 2 nitrogen and oxygen atoms in total. The predicted molar refractivity (Wildman–Crippen MR) is 77.3 cm³/mol. The van der Waals surface area contributed by atoms with Gasteiger partial charge in [-0.2, -0.15) is 0 Å². The Hall–Kier alpha value is 0.137. The fourth-order valence-electron chi connectivity index (χ4n) is 1.27. The summed E-state index contributed by atoms with van der Waals surface area (Å²) in [7, 11) is 2.20. The molecule has 0 aliphatic carbocycles. The Bertz CT molecular complexity index is 106. The summed E-state index contributed by atoms with van der Waals surface area (Å²) in [5.41, 5.74) is 0. The molecule has 0 rings (SSSR count). The van der Waals surface area contributed by atoms with Gasteiger partial charge in [0.1, 0.15) is 0 Å². The Morgan fingerprint density at radius 2 is 1.40 bits per heavy atom. The molecule has 0 spiro atoms. The SMILES string of the molecule is C.C.C.C.COCC(C)C[Si](C)(C)OC. The molecule has 0 fully saturated rings. The highest BCUT2D eigenvalue weighted by Crippen LogP contribution is 2.16. The van der Waals surface area contributed by atoms with Gasteiger partial charge in [-0.1, -0.05) is 36.6 Å². The monoisotopic (exact) mass is 240 g/mol. The average molecular weight is 241 g/mol. The van der Waals surface area contributed by atoms with Crippen molar-refractivity contribution in [3.63, 3.8) is 0 Å². The molecular formula is C12H36O2Si. The molecule has 0 aliphatic heterocycles. The molecular weight excluding hydrogens is 204 g/mol. The smallest absolute Gasteiger partial charge is 0.186 e. The van der Waals surface area contributed by atoms with E-state index in [0.717, 1.165) is 6.61 Å². The minimum Gasteiger partial charge on any atom is -0.420 e. The van der Waals surface area contributed by atoms with Crippen LogP contribution in [-0.2, 0) is 9.16 Å². The van der Waals surface area contributed by atoms with Crippen molar-refractivity contribution in [1.29, 1.82) is 0 Å². The van der Waals surface area contributed by atoms with Crippen LogP contribution in [0.3, 0.4) is 0 Å². The fourth-order valence-corrected chi connectivity index (χ4v) is 3.23. The minimum absolute atomic E-state index is 0. The number of hydrogen-bond acceptors (Lipinski definition) is 2. The van der Waals surface area contributed by atoms with Crippen LogP contribution in [0, 0.1) is 5.92 Å². The molecule has 1 atom stereocenters. The van der Waals surface area contributed by atoms with Crippen molar-refractivity contribution >= 4 is 8.32 Å². The van der Waals surface area contributed by atoms with E-state index < -0.39 is 8.32 Å². The average Bonchev–Trinajstić information content (AvgIpc) is 1.87. The van der Waals surface area contributed by atoms with Crippen molar-refractivity contribution in [2.45, 2.75) is 55.8 Å². The number of methoxy groups -OCH3 is 1. The molecule has 3 heteroatoms. The molecule has 0 aromatic heterocycles. The first-order valence-electron chi connectivity index (χ1n) is 4.06. The summed E-state index contributed by atoms with van der Waals surface area (Å²) < 4.78 is 10.5. The van der Waals surface area contributed by atoms with Crippen LogP contribution in [0.5, 0.6) is 0 Å². The van der Waals surface area contributed by atoms with Gasteiger partial charge in [-0.05, 0) is 25.1 Å². The van der Waals surface area contributed by atoms with Crippen LogP contribution in [0.1, 0.15) is 36.6 Å². The third kappa shape index (κ3) is 16.8. The molecule has 0 radical (unpaired) electrons. The second-order valence-corrected chi connectivity index (χ2v) is 8.06. The Balaban J connectivity index is -0.0000000833. The lowest BCUT2D eigenvalue weighted by molar-refractivity contribution is 0.164. The van der Waals surface area contributed by atoms with Crippen LogP contribution >= 0.6 is 0 Å². The normalized spacial score (nSPS) is 11.0. The van der Waals surface area contributed by atoms with Gasteiger partial charge in [0, 0.05) is 20.8 Å². The van der Waals surface area contributed by atoms with Gasteiger partial charge in [0.15, 0.2) is 8.32 Å². The Morgan fingerprint density at radius 3 is 1.67 bits per heavy atom. The quantitative estimate of drug-likeness (QED) is 0.650. The molecule has 0 bridgehead atoms. The van der Waals surface area contributed by atoms with Crippen LogP contribution in [0.15, 0.2) is 0 Å². The van der Waals surface area contributed by atoms with Crippen LogP contribution < -0.4 is 0 Å². The summed E-state index contributed by atoms with van der Waals surface area (Å²) in [5, 5.41) is 0. The van der Waals surface area contributed by atoms with Crippen LogP contribution in [-0.4, -0.2) is 29.1 Å². The Kier molecular flexibility index (Phi) is 27.7. The lowest BCUT2D eigenvalue weighted by atomic mass is 10.2.